The SMILES string of the molecule is [C-]#[N+]c1ccc2c(c1)CCC2n1cncc1C(=O)OC. The van der Waals surface area contributed by atoms with Crippen molar-refractivity contribution < 1.29 is 9.53 Å². The van der Waals surface area contributed by atoms with Crippen LogP contribution in [-0.4, -0.2) is 22.6 Å². The van der Waals surface area contributed by atoms with E-state index in [9.17, 15) is 4.79 Å². The van der Waals surface area contributed by atoms with Crippen molar-refractivity contribution in [3.63, 3.8) is 0 Å². The van der Waals surface area contributed by atoms with E-state index in [1.807, 2.05) is 22.8 Å². The van der Waals surface area contributed by atoms with Crippen LogP contribution in [0.25, 0.3) is 4.85 Å². The van der Waals surface area contributed by atoms with Crippen molar-refractivity contribution in [1.29, 1.82) is 0 Å². The molecule has 0 radical (unpaired) electrons. The molecule has 100 valence electrons. The van der Waals surface area contributed by atoms with Crippen molar-refractivity contribution in [2.24, 2.45) is 0 Å². The molecule has 0 spiro atoms. The number of imidazole rings is 1. The Balaban J connectivity index is 2.02. The lowest BCUT2D eigenvalue weighted by Gasteiger charge is -2.16. The number of hydrogen-bond acceptors (Lipinski definition) is 3. The molecule has 3 rings (SSSR count). The smallest absolute Gasteiger partial charge is 0.356 e. The first-order chi connectivity index (χ1) is 9.74. The van der Waals surface area contributed by atoms with Gasteiger partial charge in [0, 0.05) is 0 Å². The zero-order valence-corrected chi connectivity index (χ0v) is 11.0. The maximum absolute atomic E-state index is 11.7. The van der Waals surface area contributed by atoms with Crippen LogP contribution in [-0.2, 0) is 11.2 Å². The quantitative estimate of drug-likeness (QED) is 0.621. The highest BCUT2D eigenvalue weighted by atomic mass is 16.5. The van der Waals surface area contributed by atoms with E-state index in [-0.39, 0.29) is 12.0 Å². The molecule has 1 aromatic carbocycles. The number of ether oxygens (including phenoxy) is 1. The number of aryl methyl sites for hydroxylation is 1. The minimum absolute atomic E-state index is 0.0846. The number of rotatable bonds is 2. The second kappa shape index (κ2) is 4.82. The number of hydrogen-bond donors (Lipinski definition) is 0. The lowest BCUT2D eigenvalue weighted by molar-refractivity contribution is 0.0587. The Morgan fingerprint density at radius 2 is 2.40 bits per heavy atom. The van der Waals surface area contributed by atoms with Crippen molar-refractivity contribution in [3.8, 4) is 0 Å². The summed E-state index contributed by atoms with van der Waals surface area (Å²) in [6.07, 6.45) is 4.99. The van der Waals surface area contributed by atoms with E-state index in [0.29, 0.717) is 11.4 Å². The van der Waals surface area contributed by atoms with E-state index in [2.05, 4.69) is 9.83 Å². The lowest BCUT2D eigenvalue weighted by Crippen LogP contribution is -2.14. The van der Waals surface area contributed by atoms with E-state index < -0.39 is 0 Å². The van der Waals surface area contributed by atoms with Crippen LogP contribution in [0.5, 0.6) is 0 Å². The molecule has 0 bridgehead atoms. The molecule has 1 aliphatic carbocycles. The Morgan fingerprint density at radius 1 is 1.55 bits per heavy atom. The first kappa shape index (κ1) is 12.4. The minimum atomic E-state index is -0.381. The normalized spacial score (nSPS) is 16.5. The van der Waals surface area contributed by atoms with Crippen LogP contribution >= 0.6 is 0 Å². The Bertz CT molecular complexity index is 712. The van der Waals surface area contributed by atoms with Gasteiger partial charge < -0.3 is 9.30 Å². The Labute approximate surface area is 116 Å². The second-order valence-electron chi connectivity index (χ2n) is 4.73. The topological polar surface area (TPSA) is 48.5 Å². The van der Waals surface area contributed by atoms with E-state index in [4.69, 9.17) is 11.3 Å². The van der Waals surface area contributed by atoms with Gasteiger partial charge in [-0.05, 0) is 18.4 Å². The zero-order chi connectivity index (χ0) is 14.1. The fourth-order valence-electron chi connectivity index (χ4n) is 2.76. The molecule has 5 heteroatoms. The molecule has 20 heavy (non-hydrogen) atoms. The van der Waals surface area contributed by atoms with Crippen LogP contribution in [0, 0.1) is 6.57 Å². The van der Waals surface area contributed by atoms with Crippen molar-refractivity contribution in [2.45, 2.75) is 18.9 Å². The van der Waals surface area contributed by atoms with Gasteiger partial charge in [0.1, 0.15) is 5.69 Å². The minimum Gasteiger partial charge on any atom is -0.464 e. The summed E-state index contributed by atoms with van der Waals surface area (Å²) in [5.41, 5.74) is 3.44. The molecule has 0 aliphatic heterocycles. The number of aromatic nitrogens is 2. The third-order valence-electron chi connectivity index (χ3n) is 3.70. The van der Waals surface area contributed by atoms with Crippen LogP contribution in [0.4, 0.5) is 5.69 Å². The molecule has 1 atom stereocenters. The Hall–Kier alpha value is -2.61. The number of methoxy groups -OCH3 is 1. The molecule has 0 saturated heterocycles. The van der Waals surface area contributed by atoms with Gasteiger partial charge in [-0.3, -0.25) is 0 Å². The average molecular weight is 267 g/mol. The van der Waals surface area contributed by atoms with Gasteiger partial charge in [-0.15, -0.1) is 0 Å². The van der Waals surface area contributed by atoms with Gasteiger partial charge in [0.05, 0.1) is 32.2 Å². The lowest BCUT2D eigenvalue weighted by atomic mass is 10.1. The largest absolute Gasteiger partial charge is 0.464 e. The van der Waals surface area contributed by atoms with Crippen molar-refractivity contribution >= 4 is 11.7 Å². The highest BCUT2D eigenvalue weighted by Gasteiger charge is 2.27. The predicted molar refractivity (Wildman–Crippen MR) is 72.7 cm³/mol. The maximum atomic E-state index is 11.7. The van der Waals surface area contributed by atoms with Gasteiger partial charge in [0.15, 0.2) is 5.69 Å². The van der Waals surface area contributed by atoms with Gasteiger partial charge >= 0.3 is 5.97 Å². The molecule has 0 amide bonds. The summed E-state index contributed by atoms with van der Waals surface area (Å²) in [5.74, 6) is -0.381. The van der Waals surface area contributed by atoms with Gasteiger partial charge in [0.2, 0.25) is 0 Å². The predicted octanol–water partition coefficient (Wildman–Crippen LogP) is 2.76. The van der Waals surface area contributed by atoms with Crippen molar-refractivity contribution in [3.05, 3.63) is 59.0 Å². The molecule has 0 fully saturated rings. The number of carbonyl (C=O) groups excluding carboxylic acids is 1. The molecule has 0 saturated carbocycles. The number of fused-ring (bicyclic) bond motifs is 1. The summed E-state index contributed by atoms with van der Waals surface area (Å²) in [7, 11) is 1.37. The van der Waals surface area contributed by atoms with Crippen molar-refractivity contribution in [2.75, 3.05) is 7.11 Å². The first-order valence-corrected chi connectivity index (χ1v) is 6.35. The number of carbonyl (C=O) groups is 1. The van der Waals surface area contributed by atoms with Crippen LogP contribution in [0.1, 0.15) is 34.1 Å². The molecule has 2 aromatic rings. The first-order valence-electron chi connectivity index (χ1n) is 6.35. The van der Waals surface area contributed by atoms with Crippen LogP contribution in [0.15, 0.2) is 30.7 Å². The molecule has 5 nitrogen and oxygen atoms in total. The molecular formula is C15H13N3O2. The number of esters is 1. The standard InChI is InChI=1S/C15H13N3O2/c1-16-11-4-5-12-10(7-11)3-6-13(12)18-9-17-8-14(18)15(19)20-2/h4-5,7-9,13H,3,6H2,2H3. The summed E-state index contributed by atoms with van der Waals surface area (Å²) in [6, 6.07) is 5.80. The summed E-state index contributed by atoms with van der Waals surface area (Å²) in [4.78, 5) is 19.2. The average Bonchev–Trinajstić information content (AvgIpc) is 3.11. The van der Waals surface area contributed by atoms with E-state index >= 15 is 0 Å². The number of nitrogens with zero attached hydrogens (tertiary/aromatic N) is 3. The summed E-state index contributed by atoms with van der Waals surface area (Å²) in [5, 5.41) is 0. The van der Waals surface area contributed by atoms with Crippen LogP contribution < -0.4 is 0 Å². The highest BCUT2D eigenvalue weighted by molar-refractivity contribution is 5.87. The Kier molecular flexibility index (Phi) is 2.99. The third-order valence-corrected chi connectivity index (χ3v) is 3.70. The van der Waals surface area contributed by atoms with Crippen LogP contribution in [0.3, 0.4) is 0 Å². The molecule has 1 aromatic heterocycles. The van der Waals surface area contributed by atoms with Gasteiger partial charge in [0.25, 0.3) is 0 Å². The fraction of sp³-hybridized carbons (Fsp3) is 0.267. The monoisotopic (exact) mass is 267 g/mol. The van der Waals surface area contributed by atoms with Gasteiger partial charge in [-0.1, -0.05) is 23.8 Å². The fourth-order valence-corrected chi connectivity index (χ4v) is 2.76. The molecule has 1 unspecified atom stereocenters. The van der Waals surface area contributed by atoms with Crippen LogP contribution in [0.2, 0.25) is 0 Å². The van der Waals surface area contributed by atoms with E-state index in [0.717, 1.165) is 18.4 Å². The molecule has 0 N–H and O–H groups in total. The second-order valence-corrected chi connectivity index (χ2v) is 4.73. The molecule has 1 heterocycles. The summed E-state index contributed by atoms with van der Waals surface area (Å²) < 4.78 is 6.64. The summed E-state index contributed by atoms with van der Waals surface area (Å²) in [6.45, 7) is 7.06. The molecule has 1 aliphatic rings. The Morgan fingerprint density at radius 3 is 3.15 bits per heavy atom. The van der Waals surface area contributed by atoms with E-state index in [1.165, 1.54) is 18.9 Å². The third kappa shape index (κ3) is 1.86. The number of benzene rings is 1. The van der Waals surface area contributed by atoms with Gasteiger partial charge in [-0.25, -0.2) is 14.6 Å². The zero-order valence-electron chi connectivity index (χ0n) is 11.0. The van der Waals surface area contributed by atoms with E-state index in [1.54, 1.807) is 6.33 Å². The van der Waals surface area contributed by atoms with Crippen molar-refractivity contribution in [1.82, 2.24) is 9.55 Å². The van der Waals surface area contributed by atoms with Gasteiger partial charge in [-0.2, -0.15) is 0 Å². The maximum Gasteiger partial charge on any atom is 0.356 e. The highest BCUT2D eigenvalue weighted by Crippen LogP contribution is 2.37. The summed E-state index contributed by atoms with van der Waals surface area (Å²) >= 11 is 0. The molecular weight excluding hydrogens is 254 g/mol.